The van der Waals surface area contributed by atoms with E-state index in [1.807, 2.05) is 0 Å². The Bertz CT molecular complexity index is 320. The van der Waals surface area contributed by atoms with Gasteiger partial charge >= 0.3 is 0 Å². The van der Waals surface area contributed by atoms with Gasteiger partial charge in [0.2, 0.25) is 17.8 Å². The van der Waals surface area contributed by atoms with Crippen molar-refractivity contribution in [1.82, 2.24) is 15.0 Å². The minimum Gasteiger partial charge on any atom is -0.368 e. The first-order valence-corrected chi connectivity index (χ1v) is 6.16. The fraction of sp³-hybridized carbons (Fsp3) is 0.727. The number of nitrogens with zero attached hydrogens (tertiary/aromatic N) is 3. The van der Waals surface area contributed by atoms with Crippen molar-refractivity contribution >= 4 is 17.8 Å². The zero-order valence-corrected chi connectivity index (χ0v) is 10.6. The highest BCUT2D eigenvalue weighted by Crippen LogP contribution is 2.13. The van der Waals surface area contributed by atoms with Crippen LogP contribution in [0.1, 0.15) is 39.5 Å². The zero-order valence-electron chi connectivity index (χ0n) is 10.6. The lowest BCUT2D eigenvalue weighted by molar-refractivity contribution is 0.472. The lowest BCUT2D eigenvalue weighted by Crippen LogP contribution is -2.16. The second-order valence-electron chi connectivity index (χ2n) is 4.17. The van der Waals surface area contributed by atoms with Crippen molar-refractivity contribution in [3.05, 3.63) is 0 Å². The number of aromatic nitrogens is 3. The number of unbranched alkanes of at least 4 members (excludes halogenated alkanes) is 1. The van der Waals surface area contributed by atoms with Gasteiger partial charge in [-0.3, -0.25) is 0 Å². The third-order valence-corrected chi connectivity index (χ3v) is 2.76. The molecule has 1 unspecified atom stereocenters. The summed E-state index contributed by atoms with van der Waals surface area (Å²) in [4.78, 5) is 11.7. The Balaban J connectivity index is 2.47. The van der Waals surface area contributed by atoms with E-state index in [-0.39, 0.29) is 11.9 Å². The third-order valence-electron chi connectivity index (χ3n) is 2.76. The summed E-state index contributed by atoms with van der Waals surface area (Å²) in [6.07, 6.45) is 4.84. The molecule has 0 fully saturated rings. The predicted molar refractivity (Wildman–Crippen MR) is 70.4 cm³/mol. The average molecular weight is 238 g/mol. The van der Waals surface area contributed by atoms with Crippen molar-refractivity contribution in [2.75, 3.05) is 23.3 Å². The van der Waals surface area contributed by atoms with Crippen LogP contribution in [0.15, 0.2) is 0 Å². The summed E-state index contributed by atoms with van der Waals surface area (Å²) in [6, 6.07) is 0. The van der Waals surface area contributed by atoms with E-state index in [2.05, 4.69) is 34.1 Å². The van der Waals surface area contributed by atoms with Crippen molar-refractivity contribution < 1.29 is 0 Å². The molecule has 0 aliphatic rings. The quantitative estimate of drug-likeness (QED) is 0.667. The number of nitrogens with one attached hydrogen (secondary N) is 1. The van der Waals surface area contributed by atoms with Crippen molar-refractivity contribution in [2.24, 2.45) is 5.92 Å². The van der Waals surface area contributed by atoms with Crippen LogP contribution < -0.4 is 16.8 Å². The van der Waals surface area contributed by atoms with Gasteiger partial charge in [0.25, 0.3) is 0 Å². The molecule has 0 saturated carbocycles. The van der Waals surface area contributed by atoms with E-state index in [0.29, 0.717) is 11.9 Å². The smallest absolute Gasteiger partial charge is 0.229 e. The Labute approximate surface area is 102 Å². The van der Waals surface area contributed by atoms with Crippen LogP contribution in [0.3, 0.4) is 0 Å². The lowest BCUT2D eigenvalue weighted by atomic mass is 9.99. The van der Waals surface area contributed by atoms with E-state index in [9.17, 15) is 0 Å². The topological polar surface area (TPSA) is 103 Å². The zero-order chi connectivity index (χ0) is 12.7. The molecule has 6 heteroatoms. The largest absolute Gasteiger partial charge is 0.368 e. The summed E-state index contributed by atoms with van der Waals surface area (Å²) < 4.78 is 0. The van der Waals surface area contributed by atoms with Gasteiger partial charge < -0.3 is 16.8 Å². The van der Waals surface area contributed by atoms with Crippen LogP contribution in [0.25, 0.3) is 0 Å². The minimum absolute atomic E-state index is 0.154. The molecular weight excluding hydrogens is 216 g/mol. The van der Waals surface area contributed by atoms with Gasteiger partial charge in [-0.25, -0.2) is 0 Å². The van der Waals surface area contributed by atoms with E-state index in [1.165, 1.54) is 19.3 Å². The molecule has 6 nitrogen and oxygen atoms in total. The number of hydrogen-bond donors (Lipinski definition) is 3. The Morgan fingerprint density at radius 3 is 2.29 bits per heavy atom. The summed E-state index contributed by atoms with van der Waals surface area (Å²) in [7, 11) is 0. The monoisotopic (exact) mass is 238 g/mol. The van der Waals surface area contributed by atoms with Gasteiger partial charge in [0.15, 0.2) is 0 Å². The molecule has 1 aromatic heterocycles. The lowest BCUT2D eigenvalue weighted by Gasteiger charge is -2.15. The number of rotatable bonds is 7. The van der Waals surface area contributed by atoms with Crippen LogP contribution in [-0.4, -0.2) is 21.5 Å². The molecule has 0 aromatic carbocycles. The molecule has 96 valence electrons. The predicted octanol–water partition coefficient (Wildman–Crippen LogP) is 1.66. The molecule has 0 saturated heterocycles. The number of nitrogens with two attached hydrogens (primary N) is 2. The van der Waals surface area contributed by atoms with E-state index >= 15 is 0 Å². The second-order valence-corrected chi connectivity index (χ2v) is 4.17. The highest BCUT2D eigenvalue weighted by Gasteiger charge is 2.07. The molecule has 0 spiro atoms. The summed E-state index contributed by atoms with van der Waals surface area (Å²) in [5.74, 6) is 1.40. The van der Waals surface area contributed by atoms with Gasteiger partial charge in [-0.2, -0.15) is 15.0 Å². The maximum Gasteiger partial charge on any atom is 0.229 e. The van der Waals surface area contributed by atoms with Gasteiger partial charge in [-0.05, 0) is 12.3 Å². The van der Waals surface area contributed by atoms with E-state index < -0.39 is 0 Å². The molecule has 0 aliphatic heterocycles. The van der Waals surface area contributed by atoms with Crippen molar-refractivity contribution in [2.45, 2.75) is 39.5 Å². The summed E-state index contributed by atoms with van der Waals surface area (Å²) in [6.45, 7) is 5.24. The first-order chi connectivity index (χ1) is 8.15. The number of nitrogen functional groups attached to an aromatic ring is 2. The highest BCUT2D eigenvalue weighted by molar-refractivity contribution is 5.36. The van der Waals surface area contributed by atoms with Crippen LogP contribution >= 0.6 is 0 Å². The minimum atomic E-state index is 0.154. The molecule has 5 N–H and O–H groups in total. The van der Waals surface area contributed by atoms with Gasteiger partial charge in [0.05, 0.1) is 0 Å². The first kappa shape index (κ1) is 13.5. The molecule has 0 aliphatic carbocycles. The average Bonchev–Trinajstić information content (AvgIpc) is 2.28. The van der Waals surface area contributed by atoms with Crippen molar-refractivity contribution in [3.8, 4) is 0 Å². The Morgan fingerprint density at radius 1 is 1.12 bits per heavy atom. The van der Waals surface area contributed by atoms with Crippen molar-refractivity contribution in [3.63, 3.8) is 0 Å². The second kappa shape index (κ2) is 6.88. The molecule has 0 radical (unpaired) electrons. The Morgan fingerprint density at radius 2 is 1.76 bits per heavy atom. The van der Waals surface area contributed by atoms with Gasteiger partial charge in [0, 0.05) is 6.54 Å². The fourth-order valence-electron chi connectivity index (χ4n) is 1.67. The third kappa shape index (κ3) is 4.84. The van der Waals surface area contributed by atoms with Gasteiger partial charge in [-0.1, -0.05) is 33.1 Å². The first-order valence-electron chi connectivity index (χ1n) is 6.16. The van der Waals surface area contributed by atoms with Gasteiger partial charge in [0.1, 0.15) is 0 Å². The van der Waals surface area contributed by atoms with Crippen LogP contribution in [0.4, 0.5) is 17.8 Å². The van der Waals surface area contributed by atoms with Gasteiger partial charge in [-0.15, -0.1) is 0 Å². The van der Waals surface area contributed by atoms with Crippen molar-refractivity contribution in [1.29, 1.82) is 0 Å². The molecule has 1 rings (SSSR count). The number of anilines is 3. The maximum atomic E-state index is 5.50. The van der Waals surface area contributed by atoms with Crippen LogP contribution in [0, 0.1) is 5.92 Å². The Kier molecular flexibility index (Phi) is 5.45. The molecule has 0 bridgehead atoms. The van der Waals surface area contributed by atoms with Crippen LogP contribution in [-0.2, 0) is 0 Å². The SMILES string of the molecule is CCCCC(CC)CNc1nc(N)nc(N)n1. The maximum absolute atomic E-state index is 5.50. The standard InChI is InChI=1S/C11H22N6/c1-3-5-6-8(4-2)7-14-11-16-9(12)15-10(13)17-11/h8H,3-7H2,1-2H3,(H5,12,13,14,15,16,17). The highest BCUT2D eigenvalue weighted by atomic mass is 15.2. The Hall–Kier alpha value is -1.59. The molecular formula is C11H22N6. The normalized spacial score (nSPS) is 12.4. The van der Waals surface area contributed by atoms with Crippen LogP contribution in [0.5, 0.6) is 0 Å². The molecule has 1 heterocycles. The number of hydrogen-bond acceptors (Lipinski definition) is 6. The van der Waals surface area contributed by atoms with E-state index in [1.54, 1.807) is 0 Å². The molecule has 1 atom stereocenters. The molecule has 1 aromatic rings. The fourth-order valence-corrected chi connectivity index (χ4v) is 1.67. The summed E-state index contributed by atoms with van der Waals surface area (Å²) in [5.41, 5.74) is 11.0. The van der Waals surface area contributed by atoms with E-state index in [4.69, 9.17) is 11.5 Å². The van der Waals surface area contributed by atoms with Crippen LogP contribution in [0.2, 0.25) is 0 Å². The molecule has 17 heavy (non-hydrogen) atoms. The summed E-state index contributed by atoms with van der Waals surface area (Å²) >= 11 is 0. The molecule has 0 amide bonds. The van der Waals surface area contributed by atoms with E-state index in [0.717, 1.165) is 13.0 Å². The summed E-state index contributed by atoms with van der Waals surface area (Å²) in [5, 5.41) is 3.16.